The molecule has 1 aliphatic rings. The molecule has 0 bridgehead atoms. The van der Waals surface area contributed by atoms with Crippen LogP contribution in [0.15, 0.2) is 78.9 Å². The zero-order valence-electron chi connectivity index (χ0n) is 18.5. The van der Waals surface area contributed by atoms with Crippen LogP contribution in [0.1, 0.15) is 29.0 Å². The van der Waals surface area contributed by atoms with Crippen LogP contribution >= 0.6 is 0 Å². The molecule has 166 valence electrons. The van der Waals surface area contributed by atoms with Gasteiger partial charge in [-0.2, -0.15) is 0 Å². The second-order valence-electron chi connectivity index (χ2n) is 8.19. The Morgan fingerprint density at radius 3 is 2.48 bits per heavy atom. The van der Waals surface area contributed by atoms with Crippen LogP contribution in [0.4, 0.5) is 10.1 Å². The normalized spacial score (nSPS) is 15.4. The van der Waals surface area contributed by atoms with Crippen molar-refractivity contribution in [1.82, 2.24) is 0 Å². The highest BCUT2D eigenvalue weighted by atomic mass is 19.1. The summed E-state index contributed by atoms with van der Waals surface area (Å²) in [5.74, 6) is 0.961. The fraction of sp³-hybridized carbons (Fsp3) is 0.179. The number of methoxy groups -OCH3 is 2. The average molecular weight is 442 g/mol. The molecule has 4 aromatic carbocycles. The van der Waals surface area contributed by atoms with Gasteiger partial charge in [0.25, 0.3) is 0 Å². The van der Waals surface area contributed by atoms with E-state index in [0.29, 0.717) is 24.5 Å². The van der Waals surface area contributed by atoms with Crippen molar-refractivity contribution >= 4 is 22.4 Å². The van der Waals surface area contributed by atoms with Crippen molar-refractivity contribution in [2.45, 2.75) is 18.9 Å². The smallest absolute Gasteiger partial charge is 0.228 e. The molecule has 1 heterocycles. The second kappa shape index (κ2) is 8.58. The molecular formula is C28H24FNO3. The number of hydrogen-bond donors (Lipinski definition) is 0. The minimum Gasteiger partial charge on any atom is -0.497 e. The maximum atomic E-state index is 13.5. The van der Waals surface area contributed by atoms with Crippen LogP contribution in [0.5, 0.6) is 11.5 Å². The highest BCUT2D eigenvalue weighted by Crippen LogP contribution is 2.47. The lowest BCUT2D eigenvalue weighted by Crippen LogP contribution is -2.36. The number of nitrogens with zero attached hydrogens (tertiary/aromatic N) is 1. The van der Waals surface area contributed by atoms with Gasteiger partial charge < -0.3 is 14.4 Å². The summed E-state index contributed by atoms with van der Waals surface area (Å²) in [6.07, 6.45) is 0.310. The molecule has 1 atom stereocenters. The van der Waals surface area contributed by atoms with Gasteiger partial charge in [-0.15, -0.1) is 0 Å². The van der Waals surface area contributed by atoms with Crippen LogP contribution in [0.2, 0.25) is 0 Å². The lowest BCUT2D eigenvalue weighted by molar-refractivity contribution is -0.119. The van der Waals surface area contributed by atoms with E-state index in [4.69, 9.17) is 9.47 Å². The highest BCUT2D eigenvalue weighted by molar-refractivity contribution is 6.03. The summed E-state index contributed by atoms with van der Waals surface area (Å²) in [5, 5.41) is 2.22. The first-order valence-electron chi connectivity index (χ1n) is 10.9. The summed E-state index contributed by atoms with van der Waals surface area (Å²) < 4.78 is 24.5. The van der Waals surface area contributed by atoms with Gasteiger partial charge in [-0.1, -0.05) is 48.5 Å². The lowest BCUT2D eigenvalue weighted by atomic mass is 9.80. The van der Waals surface area contributed by atoms with E-state index in [9.17, 15) is 9.18 Å². The minimum absolute atomic E-state index is 0.0185. The topological polar surface area (TPSA) is 38.8 Å². The van der Waals surface area contributed by atoms with Crippen molar-refractivity contribution in [2.24, 2.45) is 0 Å². The van der Waals surface area contributed by atoms with Gasteiger partial charge >= 0.3 is 0 Å². The standard InChI is InChI=1S/C28H24FNO3/c1-32-21-12-13-23(26(15-21)33-2)24-16-27(31)30(17-18-7-10-20(29)11-8-18)25-14-9-19-5-3-4-6-22(19)28(24)25/h3-15,24H,16-17H2,1-2H3. The molecule has 1 amide bonds. The number of carbonyl (C=O) groups excluding carboxylic acids is 1. The van der Waals surface area contributed by atoms with Crippen molar-refractivity contribution in [3.63, 3.8) is 0 Å². The Labute approximate surface area is 192 Å². The van der Waals surface area contributed by atoms with Crippen molar-refractivity contribution in [1.29, 1.82) is 0 Å². The van der Waals surface area contributed by atoms with E-state index in [0.717, 1.165) is 33.2 Å². The number of hydrogen-bond acceptors (Lipinski definition) is 3. The second-order valence-corrected chi connectivity index (χ2v) is 8.19. The maximum absolute atomic E-state index is 13.5. The number of carbonyl (C=O) groups is 1. The SMILES string of the molecule is COc1ccc(C2CC(=O)N(Cc3ccc(F)cc3)c3ccc4ccccc4c32)c(OC)c1. The van der Waals surface area contributed by atoms with Crippen LogP contribution in [0.25, 0.3) is 10.8 Å². The van der Waals surface area contributed by atoms with Gasteiger partial charge in [0.05, 0.1) is 20.8 Å². The van der Waals surface area contributed by atoms with E-state index in [2.05, 4.69) is 12.1 Å². The molecule has 0 N–H and O–H groups in total. The predicted octanol–water partition coefficient (Wildman–Crippen LogP) is 6.06. The summed E-state index contributed by atoms with van der Waals surface area (Å²) in [5.41, 5.74) is 3.80. The molecule has 5 rings (SSSR count). The third-order valence-corrected chi connectivity index (χ3v) is 6.34. The predicted molar refractivity (Wildman–Crippen MR) is 128 cm³/mol. The molecular weight excluding hydrogens is 417 g/mol. The van der Waals surface area contributed by atoms with Crippen molar-refractivity contribution in [2.75, 3.05) is 19.1 Å². The quantitative estimate of drug-likeness (QED) is 0.378. The molecule has 0 aliphatic carbocycles. The minimum atomic E-state index is -0.290. The fourth-order valence-electron chi connectivity index (χ4n) is 4.72. The highest BCUT2D eigenvalue weighted by Gasteiger charge is 2.35. The van der Waals surface area contributed by atoms with Crippen LogP contribution in [-0.2, 0) is 11.3 Å². The number of rotatable bonds is 5. The van der Waals surface area contributed by atoms with Crippen LogP contribution < -0.4 is 14.4 Å². The third kappa shape index (κ3) is 3.80. The van der Waals surface area contributed by atoms with E-state index in [-0.39, 0.29) is 17.6 Å². The first-order chi connectivity index (χ1) is 16.1. The molecule has 4 nitrogen and oxygen atoms in total. The Kier molecular flexibility index (Phi) is 5.47. The molecule has 0 spiro atoms. The summed E-state index contributed by atoms with van der Waals surface area (Å²) in [4.78, 5) is 15.3. The first kappa shape index (κ1) is 21.0. The molecule has 0 radical (unpaired) electrons. The Hall–Kier alpha value is -3.86. The zero-order valence-corrected chi connectivity index (χ0v) is 18.5. The monoisotopic (exact) mass is 441 g/mol. The van der Waals surface area contributed by atoms with Gasteiger partial charge in [0, 0.05) is 29.7 Å². The Morgan fingerprint density at radius 1 is 0.939 bits per heavy atom. The molecule has 0 saturated carbocycles. The Morgan fingerprint density at radius 2 is 1.73 bits per heavy atom. The van der Waals surface area contributed by atoms with Gasteiger partial charge in [-0.3, -0.25) is 4.79 Å². The third-order valence-electron chi connectivity index (χ3n) is 6.34. The number of fused-ring (bicyclic) bond motifs is 3. The molecule has 0 aromatic heterocycles. The van der Waals surface area contributed by atoms with Crippen molar-refractivity contribution in [3.05, 3.63) is 101 Å². The van der Waals surface area contributed by atoms with E-state index in [1.165, 1.54) is 12.1 Å². The number of anilines is 1. The van der Waals surface area contributed by atoms with Crippen molar-refractivity contribution in [3.8, 4) is 11.5 Å². The lowest BCUT2D eigenvalue weighted by Gasteiger charge is -2.36. The van der Waals surface area contributed by atoms with Gasteiger partial charge in [-0.05, 0) is 46.2 Å². The van der Waals surface area contributed by atoms with Crippen LogP contribution in [0.3, 0.4) is 0 Å². The number of benzene rings is 4. The van der Waals surface area contributed by atoms with E-state index < -0.39 is 0 Å². The number of halogens is 1. The number of ether oxygens (including phenoxy) is 2. The van der Waals surface area contributed by atoms with Gasteiger partial charge in [-0.25, -0.2) is 4.39 Å². The summed E-state index contributed by atoms with van der Waals surface area (Å²) in [6, 6.07) is 24.3. The average Bonchev–Trinajstić information content (AvgIpc) is 2.86. The van der Waals surface area contributed by atoms with E-state index in [1.807, 2.05) is 47.4 Å². The summed E-state index contributed by atoms with van der Waals surface area (Å²) in [7, 11) is 3.25. The van der Waals surface area contributed by atoms with E-state index in [1.54, 1.807) is 26.4 Å². The largest absolute Gasteiger partial charge is 0.497 e. The molecule has 0 fully saturated rings. The number of amides is 1. The summed E-state index contributed by atoms with van der Waals surface area (Å²) >= 11 is 0. The summed E-state index contributed by atoms with van der Waals surface area (Å²) in [6.45, 7) is 0.386. The fourth-order valence-corrected chi connectivity index (χ4v) is 4.72. The maximum Gasteiger partial charge on any atom is 0.228 e. The zero-order chi connectivity index (χ0) is 22.9. The van der Waals surface area contributed by atoms with Gasteiger partial charge in [0.1, 0.15) is 17.3 Å². The first-order valence-corrected chi connectivity index (χ1v) is 10.9. The Balaban J connectivity index is 1.68. The van der Waals surface area contributed by atoms with Gasteiger partial charge in [0.15, 0.2) is 0 Å². The van der Waals surface area contributed by atoms with Gasteiger partial charge in [0.2, 0.25) is 5.91 Å². The molecule has 33 heavy (non-hydrogen) atoms. The molecule has 1 unspecified atom stereocenters. The molecule has 1 aliphatic heterocycles. The van der Waals surface area contributed by atoms with Crippen LogP contribution in [0, 0.1) is 5.82 Å². The molecule has 0 saturated heterocycles. The van der Waals surface area contributed by atoms with Crippen LogP contribution in [-0.4, -0.2) is 20.1 Å². The van der Waals surface area contributed by atoms with Crippen molar-refractivity contribution < 1.29 is 18.7 Å². The molecule has 4 aromatic rings. The Bertz CT molecular complexity index is 1330. The molecule has 5 heteroatoms. The van der Waals surface area contributed by atoms with E-state index >= 15 is 0 Å².